The first-order chi connectivity index (χ1) is 8.15. The van der Waals surface area contributed by atoms with Crippen LogP contribution in [-0.2, 0) is 0 Å². The van der Waals surface area contributed by atoms with E-state index in [2.05, 4.69) is 5.32 Å². The van der Waals surface area contributed by atoms with Crippen LogP contribution in [0.15, 0.2) is 24.3 Å². The molecule has 0 radical (unpaired) electrons. The van der Waals surface area contributed by atoms with Crippen LogP contribution in [0, 0.1) is 0 Å². The second kappa shape index (κ2) is 5.05. The van der Waals surface area contributed by atoms with Crippen LogP contribution < -0.4 is 11.1 Å². The molecular weight excluding hydrogens is 218 g/mol. The van der Waals surface area contributed by atoms with Gasteiger partial charge in [-0.05, 0) is 37.1 Å². The Morgan fingerprint density at radius 3 is 2.47 bits per heavy atom. The Labute approximate surface area is 100 Å². The van der Waals surface area contributed by atoms with Crippen molar-refractivity contribution in [3.63, 3.8) is 0 Å². The molecule has 1 aromatic carbocycles. The minimum atomic E-state index is -0.268. The quantitative estimate of drug-likeness (QED) is 0.641. The second-order valence-electron chi connectivity index (χ2n) is 4.27. The van der Waals surface area contributed by atoms with Crippen LogP contribution in [0.3, 0.4) is 0 Å². The average Bonchev–Trinajstić information content (AvgIpc) is 2.33. The summed E-state index contributed by atoms with van der Waals surface area (Å²) in [6, 6.07) is 6.91. The van der Waals surface area contributed by atoms with Gasteiger partial charge in [0.2, 0.25) is 0 Å². The molecule has 1 aliphatic rings. The van der Waals surface area contributed by atoms with E-state index in [9.17, 15) is 9.90 Å². The van der Waals surface area contributed by atoms with Gasteiger partial charge >= 0.3 is 6.03 Å². The highest BCUT2D eigenvalue weighted by molar-refractivity contribution is 5.89. The summed E-state index contributed by atoms with van der Waals surface area (Å²) in [4.78, 5) is 13.6. The zero-order valence-electron chi connectivity index (χ0n) is 9.60. The molecule has 5 nitrogen and oxygen atoms in total. The monoisotopic (exact) mass is 235 g/mol. The maximum Gasteiger partial charge on any atom is 0.321 e. The molecule has 1 aromatic rings. The zero-order chi connectivity index (χ0) is 12.3. The fourth-order valence-corrected chi connectivity index (χ4v) is 1.84. The lowest BCUT2D eigenvalue weighted by molar-refractivity contribution is 0.0972. The van der Waals surface area contributed by atoms with Gasteiger partial charge in [-0.3, -0.25) is 0 Å². The normalized spacial score (nSPS) is 16.9. The highest BCUT2D eigenvalue weighted by atomic mass is 16.3. The van der Waals surface area contributed by atoms with Gasteiger partial charge in [-0.15, -0.1) is 0 Å². The van der Waals surface area contributed by atoms with Crippen LogP contribution in [0.5, 0.6) is 0 Å². The average molecular weight is 235 g/mol. The smallest absolute Gasteiger partial charge is 0.321 e. The van der Waals surface area contributed by atoms with E-state index < -0.39 is 0 Å². The van der Waals surface area contributed by atoms with Gasteiger partial charge in [0.1, 0.15) is 0 Å². The van der Waals surface area contributed by atoms with Gasteiger partial charge in [0.15, 0.2) is 0 Å². The number of benzene rings is 1. The molecule has 0 atom stereocenters. The number of aliphatic hydroxyl groups excluding tert-OH is 1. The summed E-state index contributed by atoms with van der Waals surface area (Å²) in [5.41, 5.74) is 6.97. The van der Waals surface area contributed by atoms with Crippen LogP contribution >= 0.6 is 0 Å². The molecule has 0 spiro atoms. The predicted octanol–water partition coefficient (Wildman–Crippen LogP) is 1.26. The van der Waals surface area contributed by atoms with Crippen molar-refractivity contribution in [1.82, 2.24) is 4.90 Å². The summed E-state index contributed by atoms with van der Waals surface area (Å²) < 4.78 is 0. The summed E-state index contributed by atoms with van der Waals surface area (Å²) in [6.07, 6.45) is 1.03. The maximum absolute atomic E-state index is 11.9. The summed E-state index contributed by atoms with van der Waals surface area (Å²) in [5.74, 6) is 0. The third-order valence-corrected chi connectivity index (χ3v) is 2.91. The van der Waals surface area contributed by atoms with Crippen LogP contribution in [0.1, 0.15) is 12.8 Å². The van der Waals surface area contributed by atoms with E-state index in [0.29, 0.717) is 31.6 Å². The molecule has 1 saturated heterocycles. The first-order valence-corrected chi connectivity index (χ1v) is 5.74. The number of anilines is 2. The predicted molar refractivity (Wildman–Crippen MR) is 66.7 cm³/mol. The Morgan fingerprint density at radius 1 is 1.29 bits per heavy atom. The number of hydrogen-bond donors (Lipinski definition) is 3. The fourth-order valence-electron chi connectivity index (χ4n) is 1.84. The number of rotatable bonds is 1. The molecule has 17 heavy (non-hydrogen) atoms. The van der Waals surface area contributed by atoms with Crippen molar-refractivity contribution in [2.75, 3.05) is 24.1 Å². The first-order valence-electron chi connectivity index (χ1n) is 5.74. The van der Waals surface area contributed by atoms with Crippen molar-refractivity contribution < 1.29 is 9.90 Å². The van der Waals surface area contributed by atoms with Gasteiger partial charge in [0, 0.05) is 24.5 Å². The molecule has 1 aliphatic heterocycles. The van der Waals surface area contributed by atoms with Gasteiger partial charge in [-0.1, -0.05) is 0 Å². The van der Waals surface area contributed by atoms with E-state index in [0.717, 1.165) is 5.69 Å². The van der Waals surface area contributed by atoms with E-state index >= 15 is 0 Å². The number of nitrogen functional groups attached to an aromatic ring is 1. The Balaban J connectivity index is 1.90. The standard InChI is InChI=1S/C12H17N3O2/c13-9-1-3-10(4-2-9)14-12(17)15-7-5-11(16)6-8-15/h1-4,11,16H,5-8,13H2,(H,14,17). The number of carbonyl (C=O) groups is 1. The van der Waals surface area contributed by atoms with Crippen LogP contribution in [-0.4, -0.2) is 35.2 Å². The number of carbonyl (C=O) groups excluding carboxylic acids is 1. The number of nitrogens with two attached hydrogens (primary N) is 1. The van der Waals surface area contributed by atoms with Crippen molar-refractivity contribution >= 4 is 17.4 Å². The van der Waals surface area contributed by atoms with Gasteiger partial charge < -0.3 is 21.1 Å². The molecule has 0 aromatic heterocycles. The number of piperidine rings is 1. The number of amides is 2. The molecule has 0 aliphatic carbocycles. The van der Waals surface area contributed by atoms with E-state index in [-0.39, 0.29) is 12.1 Å². The minimum Gasteiger partial charge on any atom is -0.399 e. The highest BCUT2D eigenvalue weighted by Gasteiger charge is 2.20. The number of hydrogen-bond acceptors (Lipinski definition) is 3. The summed E-state index contributed by atoms with van der Waals surface area (Å²) in [5, 5.41) is 12.2. The molecular formula is C12H17N3O2. The van der Waals surface area contributed by atoms with Crippen molar-refractivity contribution in [3.8, 4) is 0 Å². The Kier molecular flexibility index (Phi) is 3.49. The molecule has 1 fully saturated rings. The molecule has 0 unspecified atom stereocenters. The van der Waals surface area contributed by atoms with Gasteiger partial charge in [-0.2, -0.15) is 0 Å². The number of nitrogens with zero attached hydrogens (tertiary/aromatic N) is 1. The Hall–Kier alpha value is -1.75. The van der Waals surface area contributed by atoms with Crippen molar-refractivity contribution in [2.45, 2.75) is 18.9 Å². The number of likely N-dealkylation sites (tertiary alicyclic amines) is 1. The molecule has 2 amide bonds. The van der Waals surface area contributed by atoms with Crippen molar-refractivity contribution in [1.29, 1.82) is 0 Å². The SMILES string of the molecule is Nc1ccc(NC(=O)N2CCC(O)CC2)cc1. The lowest BCUT2D eigenvalue weighted by Crippen LogP contribution is -2.42. The molecule has 92 valence electrons. The van der Waals surface area contributed by atoms with Gasteiger partial charge in [0.05, 0.1) is 6.10 Å². The number of aliphatic hydroxyl groups is 1. The maximum atomic E-state index is 11.9. The molecule has 0 saturated carbocycles. The summed E-state index contributed by atoms with van der Waals surface area (Å²) in [7, 11) is 0. The van der Waals surface area contributed by atoms with E-state index in [1.54, 1.807) is 29.2 Å². The topological polar surface area (TPSA) is 78.6 Å². The number of urea groups is 1. The molecule has 1 heterocycles. The lowest BCUT2D eigenvalue weighted by atomic mass is 10.1. The van der Waals surface area contributed by atoms with Crippen molar-refractivity contribution in [2.24, 2.45) is 0 Å². The largest absolute Gasteiger partial charge is 0.399 e. The number of nitrogens with one attached hydrogen (secondary N) is 1. The van der Waals surface area contributed by atoms with E-state index in [1.165, 1.54) is 0 Å². The fraction of sp³-hybridized carbons (Fsp3) is 0.417. The summed E-state index contributed by atoms with van der Waals surface area (Å²) >= 11 is 0. The van der Waals surface area contributed by atoms with Gasteiger partial charge in [0.25, 0.3) is 0 Å². The Morgan fingerprint density at radius 2 is 1.88 bits per heavy atom. The lowest BCUT2D eigenvalue weighted by Gasteiger charge is -2.29. The molecule has 2 rings (SSSR count). The zero-order valence-corrected chi connectivity index (χ0v) is 9.60. The first kappa shape index (κ1) is 11.7. The molecule has 0 bridgehead atoms. The second-order valence-corrected chi connectivity index (χ2v) is 4.27. The van der Waals surface area contributed by atoms with E-state index in [4.69, 9.17) is 5.73 Å². The van der Waals surface area contributed by atoms with Crippen LogP contribution in [0.2, 0.25) is 0 Å². The van der Waals surface area contributed by atoms with Crippen LogP contribution in [0.25, 0.3) is 0 Å². The van der Waals surface area contributed by atoms with Crippen molar-refractivity contribution in [3.05, 3.63) is 24.3 Å². The third-order valence-electron chi connectivity index (χ3n) is 2.91. The molecule has 4 N–H and O–H groups in total. The Bertz CT molecular complexity index is 383. The summed E-state index contributed by atoms with van der Waals surface area (Å²) in [6.45, 7) is 1.20. The molecule has 5 heteroatoms. The van der Waals surface area contributed by atoms with Crippen LogP contribution in [0.4, 0.5) is 16.2 Å². The van der Waals surface area contributed by atoms with E-state index in [1.807, 2.05) is 0 Å². The third kappa shape index (κ3) is 3.10. The van der Waals surface area contributed by atoms with Gasteiger partial charge in [-0.25, -0.2) is 4.79 Å². The minimum absolute atomic E-state index is 0.123. The highest BCUT2D eigenvalue weighted by Crippen LogP contribution is 2.14.